The fraction of sp³-hybridized carbons (Fsp3) is 0.500. The van der Waals surface area contributed by atoms with Crippen molar-refractivity contribution in [1.29, 1.82) is 0 Å². The highest BCUT2D eigenvalue weighted by Crippen LogP contribution is 2.36. The van der Waals surface area contributed by atoms with E-state index in [-0.39, 0.29) is 0 Å². The van der Waals surface area contributed by atoms with Crippen molar-refractivity contribution >= 4 is 22.7 Å². The first-order valence-corrected chi connectivity index (χ1v) is 8.88. The first-order valence-electron chi connectivity index (χ1n) is 7.12. The highest BCUT2D eigenvalue weighted by Gasteiger charge is 2.28. The van der Waals surface area contributed by atoms with Crippen LogP contribution in [-0.4, -0.2) is 6.54 Å². The van der Waals surface area contributed by atoms with Crippen LogP contribution in [-0.2, 0) is 6.42 Å². The lowest BCUT2D eigenvalue weighted by Gasteiger charge is -2.20. The molecule has 2 unspecified atom stereocenters. The van der Waals surface area contributed by atoms with Crippen LogP contribution in [0.2, 0.25) is 0 Å². The Balaban J connectivity index is 1.62. The Labute approximate surface area is 123 Å². The van der Waals surface area contributed by atoms with Crippen molar-refractivity contribution in [2.45, 2.75) is 32.2 Å². The van der Waals surface area contributed by atoms with Crippen molar-refractivity contribution in [1.82, 2.24) is 5.32 Å². The largest absolute Gasteiger partial charge is 0.309 e. The van der Waals surface area contributed by atoms with Crippen LogP contribution in [0.3, 0.4) is 0 Å². The van der Waals surface area contributed by atoms with Gasteiger partial charge < -0.3 is 5.32 Å². The van der Waals surface area contributed by atoms with Gasteiger partial charge in [-0.15, -0.1) is 22.7 Å². The van der Waals surface area contributed by atoms with Gasteiger partial charge in [0.1, 0.15) is 0 Å². The van der Waals surface area contributed by atoms with Crippen LogP contribution in [0.1, 0.15) is 35.6 Å². The Morgan fingerprint density at radius 1 is 1.21 bits per heavy atom. The maximum absolute atomic E-state index is 3.80. The van der Waals surface area contributed by atoms with Crippen molar-refractivity contribution in [3.63, 3.8) is 0 Å². The summed E-state index contributed by atoms with van der Waals surface area (Å²) in [4.78, 5) is 2.95. The van der Waals surface area contributed by atoms with E-state index in [9.17, 15) is 0 Å². The lowest BCUT2D eigenvalue weighted by molar-refractivity contribution is 0.422. The molecular weight excluding hydrogens is 270 g/mol. The number of hydrogen-bond acceptors (Lipinski definition) is 3. The molecule has 3 rings (SSSR count). The van der Waals surface area contributed by atoms with E-state index in [0.717, 1.165) is 24.8 Å². The number of hydrogen-bond donors (Lipinski definition) is 1. The average molecular weight is 291 g/mol. The molecule has 0 bridgehead atoms. The lowest BCUT2D eigenvalue weighted by Crippen LogP contribution is -2.28. The summed E-state index contributed by atoms with van der Waals surface area (Å²) in [6.07, 6.45) is 4.00. The van der Waals surface area contributed by atoms with Gasteiger partial charge in [-0.2, -0.15) is 0 Å². The van der Waals surface area contributed by atoms with Gasteiger partial charge in [0.25, 0.3) is 0 Å². The van der Waals surface area contributed by atoms with Crippen LogP contribution >= 0.6 is 22.7 Å². The van der Waals surface area contributed by atoms with Gasteiger partial charge in [-0.05, 0) is 54.1 Å². The SMILES string of the molecule is CC(CNC(Cc1cccs1)c1cccs1)C1CC1. The van der Waals surface area contributed by atoms with Gasteiger partial charge in [-0.1, -0.05) is 19.1 Å². The first kappa shape index (κ1) is 13.3. The highest BCUT2D eigenvalue weighted by atomic mass is 32.1. The Bertz CT molecular complexity index is 471. The Morgan fingerprint density at radius 3 is 2.63 bits per heavy atom. The fourth-order valence-electron chi connectivity index (χ4n) is 2.55. The number of thiophene rings is 2. The van der Waals surface area contributed by atoms with Gasteiger partial charge in [0.15, 0.2) is 0 Å². The second-order valence-electron chi connectivity index (χ2n) is 5.57. The third kappa shape index (κ3) is 3.68. The minimum Gasteiger partial charge on any atom is -0.309 e. The van der Waals surface area contributed by atoms with Crippen LogP contribution in [0.15, 0.2) is 35.0 Å². The van der Waals surface area contributed by atoms with E-state index in [2.05, 4.69) is 47.3 Å². The summed E-state index contributed by atoms with van der Waals surface area (Å²) >= 11 is 3.74. The second-order valence-corrected chi connectivity index (χ2v) is 7.59. The lowest BCUT2D eigenvalue weighted by atomic mass is 10.0. The molecule has 0 saturated heterocycles. The van der Waals surface area contributed by atoms with Crippen molar-refractivity contribution < 1.29 is 0 Å². The maximum Gasteiger partial charge on any atom is 0.0463 e. The molecule has 1 saturated carbocycles. The van der Waals surface area contributed by atoms with Crippen molar-refractivity contribution in [3.8, 4) is 0 Å². The highest BCUT2D eigenvalue weighted by molar-refractivity contribution is 7.10. The van der Waals surface area contributed by atoms with Gasteiger partial charge in [-0.25, -0.2) is 0 Å². The van der Waals surface area contributed by atoms with Crippen LogP contribution in [0, 0.1) is 11.8 Å². The number of rotatable bonds is 7. The molecule has 0 aliphatic heterocycles. The first-order chi connectivity index (χ1) is 9.33. The standard InChI is InChI=1S/C16H21NS2/c1-12(13-6-7-13)11-17-15(16-5-3-9-19-16)10-14-4-2-8-18-14/h2-5,8-9,12-13,15,17H,6-7,10-11H2,1H3. The van der Waals surface area contributed by atoms with E-state index in [1.165, 1.54) is 22.6 Å². The Hall–Kier alpha value is -0.640. The zero-order valence-electron chi connectivity index (χ0n) is 11.3. The predicted molar refractivity (Wildman–Crippen MR) is 85.0 cm³/mol. The molecule has 3 heteroatoms. The average Bonchev–Trinajstić information content (AvgIpc) is 2.92. The normalized spacial score (nSPS) is 18.4. The maximum atomic E-state index is 3.80. The molecule has 1 aliphatic carbocycles. The van der Waals surface area contributed by atoms with Crippen molar-refractivity contribution in [2.24, 2.45) is 11.8 Å². The summed E-state index contributed by atoms with van der Waals surface area (Å²) in [6, 6.07) is 9.31. The molecule has 1 aliphatic rings. The van der Waals surface area contributed by atoms with E-state index in [1.807, 2.05) is 22.7 Å². The van der Waals surface area contributed by atoms with Crippen LogP contribution in [0.25, 0.3) is 0 Å². The molecule has 2 aromatic heterocycles. The van der Waals surface area contributed by atoms with E-state index < -0.39 is 0 Å². The molecule has 1 N–H and O–H groups in total. The smallest absolute Gasteiger partial charge is 0.0463 e. The zero-order chi connectivity index (χ0) is 13.1. The fourth-order valence-corrected chi connectivity index (χ4v) is 4.11. The third-order valence-corrected chi connectivity index (χ3v) is 5.87. The quantitative estimate of drug-likeness (QED) is 0.777. The van der Waals surface area contributed by atoms with E-state index in [1.54, 1.807) is 0 Å². The van der Waals surface area contributed by atoms with E-state index in [4.69, 9.17) is 0 Å². The molecule has 2 heterocycles. The molecule has 0 amide bonds. The Morgan fingerprint density at radius 2 is 2.00 bits per heavy atom. The summed E-state index contributed by atoms with van der Waals surface area (Å²) in [6.45, 7) is 3.54. The Kier molecular flexibility index (Phi) is 4.36. The summed E-state index contributed by atoms with van der Waals surface area (Å²) in [5.74, 6) is 1.81. The van der Waals surface area contributed by atoms with Gasteiger partial charge in [0.05, 0.1) is 0 Å². The van der Waals surface area contributed by atoms with Crippen LogP contribution in [0.5, 0.6) is 0 Å². The summed E-state index contributed by atoms with van der Waals surface area (Å²) in [7, 11) is 0. The molecule has 0 aromatic carbocycles. The summed E-state index contributed by atoms with van der Waals surface area (Å²) in [5, 5.41) is 8.16. The van der Waals surface area contributed by atoms with Gasteiger partial charge in [0, 0.05) is 22.2 Å². The molecule has 0 radical (unpaired) electrons. The minimum absolute atomic E-state index is 0.486. The van der Waals surface area contributed by atoms with Gasteiger partial charge in [-0.3, -0.25) is 0 Å². The number of nitrogens with one attached hydrogen (secondary N) is 1. The van der Waals surface area contributed by atoms with E-state index >= 15 is 0 Å². The van der Waals surface area contributed by atoms with E-state index in [0.29, 0.717) is 6.04 Å². The van der Waals surface area contributed by atoms with Crippen LogP contribution in [0.4, 0.5) is 0 Å². The molecule has 2 atom stereocenters. The van der Waals surface area contributed by atoms with Crippen LogP contribution < -0.4 is 5.32 Å². The van der Waals surface area contributed by atoms with Crippen molar-refractivity contribution in [3.05, 3.63) is 44.8 Å². The molecule has 102 valence electrons. The molecular formula is C16H21NS2. The monoisotopic (exact) mass is 291 g/mol. The molecule has 19 heavy (non-hydrogen) atoms. The molecule has 2 aromatic rings. The topological polar surface area (TPSA) is 12.0 Å². The van der Waals surface area contributed by atoms with Gasteiger partial charge >= 0.3 is 0 Å². The molecule has 0 spiro atoms. The zero-order valence-corrected chi connectivity index (χ0v) is 13.0. The van der Waals surface area contributed by atoms with Gasteiger partial charge in [0.2, 0.25) is 0 Å². The molecule has 1 nitrogen and oxygen atoms in total. The molecule has 1 fully saturated rings. The summed E-state index contributed by atoms with van der Waals surface area (Å²) < 4.78 is 0. The van der Waals surface area contributed by atoms with Crippen molar-refractivity contribution in [2.75, 3.05) is 6.54 Å². The third-order valence-electron chi connectivity index (χ3n) is 3.99. The second kappa shape index (κ2) is 6.21. The predicted octanol–water partition coefficient (Wildman–Crippen LogP) is 4.73. The minimum atomic E-state index is 0.486. The summed E-state index contributed by atoms with van der Waals surface area (Å²) in [5.41, 5.74) is 0.